The van der Waals surface area contributed by atoms with Gasteiger partial charge in [-0.25, -0.2) is 0 Å². The minimum absolute atomic E-state index is 1.08. The highest BCUT2D eigenvalue weighted by molar-refractivity contribution is 7.26. The largest absolute Gasteiger partial charge is 0.310 e. The predicted octanol–water partition coefficient (Wildman–Crippen LogP) is 18.4. The molecule has 0 N–H and O–H groups in total. The summed E-state index contributed by atoms with van der Waals surface area (Å²) >= 11 is 1.88. The van der Waals surface area contributed by atoms with Gasteiger partial charge in [-0.3, -0.25) is 0 Å². The minimum atomic E-state index is 1.08. The van der Waals surface area contributed by atoms with Crippen LogP contribution in [0.5, 0.6) is 0 Å². The molecule has 0 fully saturated rings. The third kappa shape index (κ3) is 6.63. The molecule has 0 bridgehead atoms. The van der Waals surface area contributed by atoms with Crippen molar-refractivity contribution in [1.82, 2.24) is 4.57 Å². The number of rotatable bonds is 8. The van der Waals surface area contributed by atoms with Gasteiger partial charge in [-0.2, -0.15) is 0 Å². The first-order valence-electron chi connectivity index (χ1n) is 22.9. The van der Waals surface area contributed by atoms with Gasteiger partial charge in [0.25, 0.3) is 0 Å². The number of fused-ring (bicyclic) bond motifs is 7. The van der Waals surface area contributed by atoms with Crippen molar-refractivity contribution < 1.29 is 0 Å². The van der Waals surface area contributed by atoms with Gasteiger partial charge in [0.15, 0.2) is 0 Å². The van der Waals surface area contributed by atoms with Crippen LogP contribution in [0.1, 0.15) is 0 Å². The van der Waals surface area contributed by atoms with Crippen molar-refractivity contribution in [3.8, 4) is 50.2 Å². The quantitative estimate of drug-likeness (QED) is 0.148. The van der Waals surface area contributed by atoms with E-state index in [1.807, 2.05) is 11.3 Å². The van der Waals surface area contributed by atoms with Crippen LogP contribution < -0.4 is 4.90 Å². The molecular weight excluding hydrogens is 829 g/mol. The van der Waals surface area contributed by atoms with Gasteiger partial charge in [0.05, 0.1) is 16.7 Å². The van der Waals surface area contributed by atoms with E-state index in [9.17, 15) is 0 Å². The number of hydrogen-bond acceptors (Lipinski definition) is 2. The first-order valence-corrected chi connectivity index (χ1v) is 23.7. The highest BCUT2D eigenvalue weighted by Gasteiger charge is 2.21. The van der Waals surface area contributed by atoms with Crippen LogP contribution in [0.3, 0.4) is 0 Å². The topological polar surface area (TPSA) is 8.17 Å². The van der Waals surface area contributed by atoms with Crippen molar-refractivity contribution in [2.75, 3.05) is 4.90 Å². The molecular formula is C64H42N2S. The fourth-order valence-corrected chi connectivity index (χ4v) is 11.6. The normalized spacial score (nSPS) is 11.6. The van der Waals surface area contributed by atoms with Crippen LogP contribution in [-0.4, -0.2) is 4.57 Å². The molecule has 0 unspecified atom stereocenters. The van der Waals surface area contributed by atoms with Crippen LogP contribution in [0, 0.1) is 0 Å². The lowest BCUT2D eigenvalue weighted by atomic mass is 9.90. The number of anilines is 3. The highest BCUT2D eigenvalue weighted by Crippen LogP contribution is 2.47. The number of hydrogen-bond donors (Lipinski definition) is 0. The summed E-state index contributed by atoms with van der Waals surface area (Å²) < 4.78 is 5.03. The molecule has 0 amide bonds. The predicted molar refractivity (Wildman–Crippen MR) is 288 cm³/mol. The lowest BCUT2D eigenvalue weighted by Crippen LogP contribution is -2.11. The van der Waals surface area contributed by atoms with E-state index in [0.717, 1.165) is 39.4 Å². The van der Waals surface area contributed by atoms with Crippen LogP contribution >= 0.6 is 11.3 Å². The molecule has 13 aromatic rings. The molecule has 2 aromatic heterocycles. The van der Waals surface area contributed by atoms with E-state index >= 15 is 0 Å². The lowest BCUT2D eigenvalue weighted by Gasteiger charge is -2.29. The zero-order valence-electron chi connectivity index (χ0n) is 36.6. The van der Waals surface area contributed by atoms with Gasteiger partial charge in [0.1, 0.15) is 0 Å². The fourth-order valence-electron chi connectivity index (χ4n) is 10.3. The van der Waals surface area contributed by atoms with E-state index < -0.39 is 0 Å². The Morgan fingerprint density at radius 1 is 0.328 bits per heavy atom. The number of benzene rings is 11. The first kappa shape index (κ1) is 38.9. The third-order valence-corrected chi connectivity index (χ3v) is 14.6. The van der Waals surface area contributed by atoms with E-state index in [0.29, 0.717) is 0 Å². The molecule has 0 saturated heterocycles. The molecule has 11 aromatic carbocycles. The molecule has 0 aliphatic heterocycles. The zero-order chi connectivity index (χ0) is 44.3. The monoisotopic (exact) mass is 870 g/mol. The van der Waals surface area contributed by atoms with Gasteiger partial charge in [-0.05, 0) is 110 Å². The van der Waals surface area contributed by atoms with Crippen molar-refractivity contribution in [3.05, 3.63) is 255 Å². The number of thiophene rings is 1. The molecule has 0 saturated carbocycles. The molecule has 0 spiro atoms. The molecule has 13 rings (SSSR count). The van der Waals surface area contributed by atoms with Crippen molar-refractivity contribution in [1.29, 1.82) is 0 Å². The molecule has 0 aliphatic carbocycles. The van der Waals surface area contributed by atoms with Gasteiger partial charge in [0.2, 0.25) is 0 Å². The maximum atomic E-state index is 2.45. The van der Waals surface area contributed by atoms with E-state index in [1.54, 1.807) is 0 Å². The van der Waals surface area contributed by atoms with Crippen LogP contribution in [0.4, 0.5) is 17.1 Å². The SMILES string of the molecule is c1ccc(-c2cccc3cccc(-c4ccccc4N(c4ccc(-c5cccc6c5sc5ccccc56)cc4)c4cccc(-c5ccc6c7ccccc7n(-c7ccccc7)c6c5)c4)c23)cc1. The minimum Gasteiger partial charge on any atom is -0.310 e. The average molecular weight is 871 g/mol. The third-order valence-electron chi connectivity index (χ3n) is 13.4. The summed E-state index contributed by atoms with van der Waals surface area (Å²) in [7, 11) is 0. The summed E-state index contributed by atoms with van der Waals surface area (Å²) in [4.78, 5) is 2.45. The van der Waals surface area contributed by atoms with E-state index in [2.05, 4.69) is 264 Å². The Morgan fingerprint density at radius 3 is 1.76 bits per heavy atom. The maximum Gasteiger partial charge on any atom is 0.0547 e. The zero-order valence-corrected chi connectivity index (χ0v) is 37.4. The molecule has 3 heteroatoms. The molecule has 67 heavy (non-hydrogen) atoms. The summed E-state index contributed by atoms with van der Waals surface area (Å²) in [5.74, 6) is 0. The van der Waals surface area contributed by atoms with Crippen LogP contribution in [0.25, 0.3) is 103 Å². The van der Waals surface area contributed by atoms with Gasteiger partial charge in [-0.15, -0.1) is 11.3 Å². The summed E-state index contributed by atoms with van der Waals surface area (Å²) in [6.07, 6.45) is 0. The van der Waals surface area contributed by atoms with Gasteiger partial charge in [0, 0.05) is 53.6 Å². The molecule has 2 heterocycles. The van der Waals surface area contributed by atoms with Crippen molar-refractivity contribution in [2.24, 2.45) is 0 Å². The Hall–Kier alpha value is -8.50. The van der Waals surface area contributed by atoms with Crippen molar-refractivity contribution in [2.45, 2.75) is 0 Å². The van der Waals surface area contributed by atoms with Crippen molar-refractivity contribution >= 4 is 81.1 Å². The highest BCUT2D eigenvalue weighted by atomic mass is 32.1. The Labute approximate surface area is 393 Å². The van der Waals surface area contributed by atoms with E-state index in [1.165, 1.54) is 80.6 Å². The summed E-state index contributed by atoms with van der Waals surface area (Å²) in [6, 6.07) is 93.2. The second-order valence-electron chi connectivity index (χ2n) is 17.2. The standard InChI is InChI=1S/C64H42N2S/c1-3-17-43(18-4-1)51-28-14-19-45-20-15-30-57(63(45)51)54-26-8-10-32-59(54)65(49-38-35-44(36-39-49)52-29-16-31-58-56-27-9-12-34-62(56)67-64(52)58)50-24-13-21-46(41-50)47-37-40-55-53-25-7-11-33-60(53)66(61(55)42-47)48-22-5-2-6-23-48/h1-42H. The van der Waals surface area contributed by atoms with Gasteiger partial charge < -0.3 is 9.47 Å². The molecule has 2 nitrogen and oxygen atoms in total. The van der Waals surface area contributed by atoms with Crippen LogP contribution in [0.15, 0.2) is 255 Å². The first-order chi connectivity index (χ1) is 33.2. The lowest BCUT2D eigenvalue weighted by molar-refractivity contribution is 1.18. The summed E-state index contributed by atoms with van der Waals surface area (Å²) in [5, 5.41) is 7.57. The smallest absolute Gasteiger partial charge is 0.0547 e. The number of aromatic nitrogens is 1. The Kier molecular flexibility index (Phi) is 9.40. The maximum absolute atomic E-state index is 2.45. The number of nitrogens with zero attached hydrogens (tertiary/aromatic N) is 2. The Balaban J connectivity index is 1.000. The van der Waals surface area contributed by atoms with Crippen LogP contribution in [-0.2, 0) is 0 Å². The van der Waals surface area contributed by atoms with Crippen LogP contribution in [0.2, 0.25) is 0 Å². The van der Waals surface area contributed by atoms with E-state index in [4.69, 9.17) is 0 Å². The number of para-hydroxylation sites is 3. The fraction of sp³-hybridized carbons (Fsp3) is 0. The van der Waals surface area contributed by atoms with E-state index in [-0.39, 0.29) is 0 Å². The second kappa shape index (κ2) is 16.2. The average Bonchev–Trinajstić information content (AvgIpc) is 3.95. The molecule has 0 aliphatic rings. The molecule has 0 radical (unpaired) electrons. The summed E-state index contributed by atoms with van der Waals surface area (Å²) in [6.45, 7) is 0. The molecule has 314 valence electrons. The summed E-state index contributed by atoms with van der Waals surface area (Å²) in [5.41, 5.74) is 16.4. The Bertz CT molecular complexity index is 3970. The second-order valence-corrected chi connectivity index (χ2v) is 18.3. The van der Waals surface area contributed by atoms with Gasteiger partial charge in [-0.1, -0.05) is 194 Å². The Morgan fingerprint density at radius 2 is 0.910 bits per heavy atom. The van der Waals surface area contributed by atoms with Crippen molar-refractivity contribution in [3.63, 3.8) is 0 Å². The van der Waals surface area contributed by atoms with Gasteiger partial charge >= 0.3 is 0 Å². The molecule has 0 atom stereocenters.